The van der Waals surface area contributed by atoms with Crippen LogP contribution >= 0.6 is 0 Å². The minimum Gasteiger partial charge on any atom is -0.347 e. The summed E-state index contributed by atoms with van der Waals surface area (Å²) in [5, 5.41) is 11.9. The topological polar surface area (TPSA) is 95.5 Å². The Morgan fingerprint density at radius 2 is 2.12 bits per heavy atom. The predicted octanol–water partition coefficient (Wildman–Crippen LogP) is 2.39. The van der Waals surface area contributed by atoms with Gasteiger partial charge in [-0.25, -0.2) is 4.98 Å². The minimum atomic E-state index is -0.0458. The molecule has 0 aromatic carbocycles. The van der Waals surface area contributed by atoms with Crippen molar-refractivity contribution < 1.29 is 4.79 Å². The Labute approximate surface area is 151 Å². The first-order chi connectivity index (χ1) is 12.5. The van der Waals surface area contributed by atoms with Gasteiger partial charge in [0.2, 0.25) is 0 Å². The second-order valence-electron chi connectivity index (χ2n) is 7.06. The van der Waals surface area contributed by atoms with E-state index in [1.165, 1.54) is 0 Å². The lowest BCUT2D eigenvalue weighted by Gasteiger charge is -2.25. The van der Waals surface area contributed by atoms with E-state index in [2.05, 4.69) is 39.1 Å². The molecule has 0 bridgehead atoms. The van der Waals surface area contributed by atoms with Gasteiger partial charge in [0.05, 0.1) is 35.6 Å². The first-order valence-corrected chi connectivity index (χ1v) is 8.87. The Kier molecular flexibility index (Phi) is 3.90. The fourth-order valence-electron chi connectivity index (χ4n) is 3.65. The molecule has 4 heterocycles. The van der Waals surface area contributed by atoms with Gasteiger partial charge in [-0.05, 0) is 33.8 Å². The van der Waals surface area contributed by atoms with Crippen molar-refractivity contribution in [1.82, 2.24) is 34.8 Å². The second-order valence-corrected chi connectivity index (χ2v) is 7.06. The van der Waals surface area contributed by atoms with E-state index in [0.29, 0.717) is 18.8 Å². The molecule has 4 rings (SSSR count). The molecule has 0 saturated heterocycles. The standard InChI is InChI=1S/C18H23N7O/c1-10(2)25-12(4)17(11(3)23-25)14-7-15(22-21-14)18(26)24-6-5-13-16(8-24)20-9-19-13/h7,9-10H,5-6,8H2,1-4H3,(H,19,20)(H,21,22). The molecule has 0 atom stereocenters. The molecular weight excluding hydrogens is 330 g/mol. The molecule has 0 unspecified atom stereocenters. The van der Waals surface area contributed by atoms with E-state index in [4.69, 9.17) is 0 Å². The van der Waals surface area contributed by atoms with Gasteiger partial charge in [-0.1, -0.05) is 0 Å². The van der Waals surface area contributed by atoms with Gasteiger partial charge in [0.1, 0.15) is 5.69 Å². The maximum absolute atomic E-state index is 12.9. The predicted molar refractivity (Wildman–Crippen MR) is 96.7 cm³/mol. The van der Waals surface area contributed by atoms with Gasteiger partial charge < -0.3 is 9.88 Å². The molecular formula is C18H23N7O. The molecule has 2 N–H and O–H groups in total. The summed E-state index contributed by atoms with van der Waals surface area (Å²) in [5.41, 5.74) is 6.28. The number of nitrogens with one attached hydrogen (secondary N) is 2. The van der Waals surface area contributed by atoms with Crippen molar-refractivity contribution in [3.05, 3.63) is 40.9 Å². The van der Waals surface area contributed by atoms with Crippen LogP contribution in [0.5, 0.6) is 0 Å². The van der Waals surface area contributed by atoms with Gasteiger partial charge >= 0.3 is 0 Å². The van der Waals surface area contributed by atoms with Gasteiger partial charge in [0.25, 0.3) is 5.91 Å². The summed E-state index contributed by atoms with van der Waals surface area (Å²) in [6.07, 6.45) is 2.45. The highest BCUT2D eigenvalue weighted by molar-refractivity contribution is 5.93. The van der Waals surface area contributed by atoms with Crippen molar-refractivity contribution in [2.45, 2.75) is 46.7 Å². The maximum Gasteiger partial charge on any atom is 0.272 e. The fourth-order valence-corrected chi connectivity index (χ4v) is 3.65. The van der Waals surface area contributed by atoms with Gasteiger partial charge in [-0.2, -0.15) is 10.2 Å². The molecule has 136 valence electrons. The first kappa shape index (κ1) is 16.6. The number of fused-ring (bicyclic) bond motifs is 1. The van der Waals surface area contributed by atoms with E-state index >= 15 is 0 Å². The Morgan fingerprint density at radius 3 is 2.85 bits per heavy atom. The lowest BCUT2D eigenvalue weighted by molar-refractivity contribution is 0.0726. The molecule has 1 aliphatic rings. The molecule has 0 saturated carbocycles. The van der Waals surface area contributed by atoms with Gasteiger partial charge in [-0.3, -0.25) is 14.6 Å². The van der Waals surface area contributed by atoms with E-state index < -0.39 is 0 Å². The van der Waals surface area contributed by atoms with E-state index in [-0.39, 0.29) is 11.9 Å². The Morgan fingerprint density at radius 1 is 1.31 bits per heavy atom. The van der Waals surface area contributed by atoms with Crippen LogP contribution in [0.2, 0.25) is 0 Å². The third kappa shape index (κ3) is 2.61. The zero-order valence-electron chi connectivity index (χ0n) is 15.5. The van der Waals surface area contributed by atoms with Crippen LogP contribution < -0.4 is 0 Å². The number of aromatic amines is 2. The maximum atomic E-state index is 12.9. The quantitative estimate of drug-likeness (QED) is 0.756. The van der Waals surface area contributed by atoms with Gasteiger partial charge in [-0.15, -0.1) is 0 Å². The third-order valence-electron chi connectivity index (χ3n) is 4.94. The minimum absolute atomic E-state index is 0.0458. The van der Waals surface area contributed by atoms with Crippen molar-refractivity contribution in [1.29, 1.82) is 0 Å². The van der Waals surface area contributed by atoms with E-state index in [1.807, 2.05) is 29.5 Å². The van der Waals surface area contributed by atoms with Crippen LogP contribution in [0.1, 0.15) is 53.2 Å². The number of hydrogen-bond acceptors (Lipinski definition) is 4. The molecule has 26 heavy (non-hydrogen) atoms. The number of rotatable bonds is 3. The van der Waals surface area contributed by atoms with Crippen LogP contribution in [0.4, 0.5) is 0 Å². The number of imidazole rings is 1. The summed E-state index contributed by atoms with van der Waals surface area (Å²) in [5.74, 6) is -0.0458. The lowest BCUT2D eigenvalue weighted by Crippen LogP contribution is -2.36. The lowest BCUT2D eigenvalue weighted by atomic mass is 10.1. The van der Waals surface area contributed by atoms with Crippen LogP contribution in [-0.2, 0) is 13.0 Å². The number of carbonyl (C=O) groups excluding carboxylic acids is 1. The van der Waals surface area contributed by atoms with Crippen molar-refractivity contribution in [2.24, 2.45) is 0 Å². The molecule has 3 aromatic rings. The number of aryl methyl sites for hydroxylation is 1. The smallest absolute Gasteiger partial charge is 0.272 e. The Hall–Kier alpha value is -2.90. The number of nitrogens with zero attached hydrogens (tertiary/aromatic N) is 5. The SMILES string of the molecule is Cc1nn(C(C)C)c(C)c1-c1cc(C(=O)N2CCc3nc[nH]c3C2)[nH]n1. The van der Waals surface area contributed by atoms with Crippen molar-refractivity contribution >= 4 is 5.91 Å². The number of aromatic nitrogens is 6. The molecule has 0 aliphatic carbocycles. The number of hydrogen-bond donors (Lipinski definition) is 2. The number of carbonyl (C=O) groups is 1. The van der Waals surface area contributed by atoms with Crippen LogP contribution in [0.3, 0.4) is 0 Å². The van der Waals surface area contributed by atoms with Crippen LogP contribution in [-0.4, -0.2) is 47.3 Å². The first-order valence-electron chi connectivity index (χ1n) is 8.87. The van der Waals surface area contributed by atoms with Gasteiger partial charge in [0, 0.05) is 30.3 Å². The van der Waals surface area contributed by atoms with E-state index in [1.54, 1.807) is 6.33 Å². The monoisotopic (exact) mass is 353 g/mol. The average Bonchev–Trinajstić information content (AvgIpc) is 3.32. The second kappa shape index (κ2) is 6.12. The summed E-state index contributed by atoms with van der Waals surface area (Å²) in [6, 6.07) is 2.10. The molecule has 1 aliphatic heterocycles. The molecule has 1 amide bonds. The van der Waals surface area contributed by atoms with Crippen molar-refractivity contribution in [3.63, 3.8) is 0 Å². The van der Waals surface area contributed by atoms with E-state index in [9.17, 15) is 4.79 Å². The number of amides is 1. The van der Waals surface area contributed by atoms with Crippen LogP contribution in [0.15, 0.2) is 12.4 Å². The van der Waals surface area contributed by atoms with Crippen LogP contribution in [0, 0.1) is 13.8 Å². The highest BCUT2D eigenvalue weighted by atomic mass is 16.2. The zero-order valence-corrected chi connectivity index (χ0v) is 15.5. The Bertz CT molecular complexity index is 962. The Balaban J connectivity index is 1.60. The highest BCUT2D eigenvalue weighted by Crippen LogP contribution is 2.28. The molecule has 3 aromatic heterocycles. The third-order valence-corrected chi connectivity index (χ3v) is 4.94. The summed E-state index contributed by atoms with van der Waals surface area (Å²) < 4.78 is 1.99. The zero-order chi connectivity index (χ0) is 18.4. The summed E-state index contributed by atoms with van der Waals surface area (Å²) in [6.45, 7) is 9.42. The molecule has 8 nitrogen and oxygen atoms in total. The average molecular weight is 353 g/mol. The van der Waals surface area contributed by atoms with Crippen molar-refractivity contribution in [3.8, 4) is 11.3 Å². The fraction of sp³-hybridized carbons (Fsp3) is 0.444. The summed E-state index contributed by atoms with van der Waals surface area (Å²) >= 11 is 0. The largest absolute Gasteiger partial charge is 0.347 e. The normalized spacial score (nSPS) is 14.1. The molecule has 0 spiro atoms. The molecule has 0 fully saturated rings. The molecule has 0 radical (unpaired) electrons. The van der Waals surface area contributed by atoms with Gasteiger partial charge in [0.15, 0.2) is 0 Å². The van der Waals surface area contributed by atoms with Crippen LogP contribution in [0.25, 0.3) is 11.3 Å². The molecule has 8 heteroatoms. The van der Waals surface area contributed by atoms with E-state index in [0.717, 1.165) is 40.5 Å². The highest BCUT2D eigenvalue weighted by Gasteiger charge is 2.25. The summed E-state index contributed by atoms with van der Waals surface area (Å²) in [7, 11) is 0. The summed E-state index contributed by atoms with van der Waals surface area (Å²) in [4.78, 5) is 22.1. The number of H-pyrrole nitrogens is 2. The van der Waals surface area contributed by atoms with Crippen molar-refractivity contribution in [2.75, 3.05) is 6.54 Å².